The van der Waals surface area contributed by atoms with E-state index in [1.165, 1.54) is 55.6 Å². The van der Waals surface area contributed by atoms with Gasteiger partial charge in [-0.2, -0.15) is 0 Å². The van der Waals surface area contributed by atoms with Crippen LogP contribution in [0.2, 0.25) is 0 Å². The molecule has 0 bridgehead atoms. The minimum absolute atomic E-state index is 0.180. The number of hydrogen-bond donors (Lipinski definition) is 1. The molecule has 1 heterocycles. The number of hydrogen-bond acceptors (Lipinski definition) is 3. The molecule has 1 saturated carbocycles. The van der Waals surface area contributed by atoms with E-state index in [2.05, 4.69) is 26.1 Å². The van der Waals surface area contributed by atoms with E-state index in [1.807, 2.05) is 11.3 Å². The van der Waals surface area contributed by atoms with Crippen LogP contribution in [0, 0.1) is 5.41 Å². The van der Waals surface area contributed by atoms with Gasteiger partial charge in [-0.1, -0.05) is 20.8 Å². The van der Waals surface area contributed by atoms with Crippen molar-refractivity contribution < 1.29 is 0 Å². The van der Waals surface area contributed by atoms with E-state index in [0.717, 1.165) is 6.54 Å². The SMILES string of the molecule is CCNC1(c2nc3c(s2)CCC3)CCC(C)(C)CC1. The highest BCUT2D eigenvalue weighted by atomic mass is 32.1. The summed E-state index contributed by atoms with van der Waals surface area (Å²) in [6.45, 7) is 8.09. The molecule has 1 aromatic rings. The summed E-state index contributed by atoms with van der Waals surface area (Å²) < 4.78 is 0. The Kier molecular flexibility index (Phi) is 3.46. The van der Waals surface area contributed by atoms with Gasteiger partial charge < -0.3 is 5.32 Å². The summed E-state index contributed by atoms with van der Waals surface area (Å²) in [6.07, 6.45) is 8.91. The standard InChI is InChI=1S/C16H26N2S/c1-4-17-16(10-8-15(2,3)9-11-16)14-18-12-6-5-7-13(12)19-14/h17H,4-11H2,1-3H3. The molecule has 0 aromatic carbocycles. The highest BCUT2D eigenvalue weighted by molar-refractivity contribution is 7.12. The zero-order valence-corrected chi connectivity index (χ0v) is 13.3. The van der Waals surface area contributed by atoms with Crippen LogP contribution in [-0.2, 0) is 18.4 Å². The zero-order chi connectivity index (χ0) is 13.5. The first kappa shape index (κ1) is 13.6. The first-order chi connectivity index (χ1) is 9.05. The van der Waals surface area contributed by atoms with Crippen LogP contribution in [-0.4, -0.2) is 11.5 Å². The average molecular weight is 278 g/mol. The summed E-state index contributed by atoms with van der Waals surface area (Å²) in [4.78, 5) is 6.58. The number of rotatable bonds is 3. The fraction of sp³-hybridized carbons (Fsp3) is 0.812. The Labute approximate surface area is 121 Å². The van der Waals surface area contributed by atoms with E-state index in [-0.39, 0.29) is 5.54 Å². The predicted molar refractivity (Wildman–Crippen MR) is 81.7 cm³/mol. The van der Waals surface area contributed by atoms with Crippen LogP contribution in [0.1, 0.15) is 68.5 Å². The smallest absolute Gasteiger partial charge is 0.113 e. The van der Waals surface area contributed by atoms with E-state index in [9.17, 15) is 0 Å². The molecule has 19 heavy (non-hydrogen) atoms. The van der Waals surface area contributed by atoms with Gasteiger partial charge in [0.25, 0.3) is 0 Å². The first-order valence-corrected chi connectivity index (χ1v) is 8.60. The van der Waals surface area contributed by atoms with Crippen LogP contribution in [0.5, 0.6) is 0 Å². The van der Waals surface area contributed by atoms with E-state index >= 15 is 0 Å². The second-order valence-electron chi connectivity index (χ2n) is 7.02. The number of aromatic nitrogens is 1. The minimum atomic E-state index is 0.180. The van der Waals surface area contributed by atoms with Crippen LogP contribution in [0.15, 0.2) is 0 Å². The van der Waals surface area contributed by atoms with Crippen molar-refractivity contribution in [1.82, 2.24) is 10.3 Å². The van der Waals surface area contributed by atoms with Gasteiger partial charge in [-0.25, -0.2) is 4.98 Å². The molecule has 1 N–H and O–H groups in total. The highest BCUT2D eigenvalue weighted by Crippen LogP contribution is 2.47. The molecule has 1 fully saturated rings. The van der Waals surface area contributed by atoms with E-state index < -0.39 is 0 Å². The average Bonchev–Trinajstić information content (AvgIpc) is 2.93. The molecule has 0 amide bonds. The maximum Gasteiger partial charge on any atom is 0.113 e. The maximum absolute atomic E-state index is 5.01. The third kappa shape index (κ3) is 2.47. The third-order valence-electron chi connectivity index (χ3n) is 4.98. The second-order valence-corrected chi connectivity index (χ2v) is 8.10. The molecule has 3 rings (SSSR count). The van der Waals surface area contributed by atoms with Crippen LogP contribution in [0.25, 0.3) is 0 Å². The van der Waals surface area contributed by atoms with Crippen LogP contribution < -0.4 is 5.32 Å². The fourth-order valence-corrected chi connectivity index (χ4v) is 4.93. The van der Waals surface area contributed by atoms with E-state index in [0.29, 0.717) is 5.41 Å². The zero-order valence-electron chi connectivity index (χ0n) is 12.5. The number of aryl methyl sites for hydroxylation is 2. The molecule has 106 valence electrons. The van der Waals surface area contributed by atoms with Gasteiger partial charge in [-0.05, 0) is 56.9 Å². The molecule has 3 heteroatoms. The quantitative estimate of drug-likeness (QED) is 0.902. The number of thiazole rings is 1. The van der Waals surface area contributed by atoms with Crippen LogP contribution in [0.3, 0.4) is 0 Å². The van der Waals surface area contributed by atoms with E-state index in [1.54, 1.807) is 4.88 Å². The molecular weight excluding hydrogens is 252 g/mol. The number of nitrogens with zero attached hydrogens (tertiary/aromatic N) is 1. The molecule has 0 unspecified atom stereocenters. The molecule has 0 atom stereocenters. The molecule has 2 nitrogen and oxygen atoms in total. The normalized spacial score (nSPS) is 24.4. The topological polar surface area (TPSA) is 24.9 Å². The van der Waals surface area contributed by atoms with Gasteiger partial charge >= 0.3 is 0 Å². The summed E-state index contributed by atoms with van der Waals surface area (Å²) in [5.41, 5.74) is 2.10. The van der Waals surface area contributed by atoms with Gasteiger partial charge in [-0.15, -0.1) is 11.3 Å². The fourth-order valence-electron chi connectivity index (χ4n) is 3.55. The summed E-state index contributed by atoms with van der Waals surface area (Å²) in [6, 6.07) is 0. The van der Waals surface area contributed by atoms with Gasteiger partial charge in [-0.3, -0.25) is 0 Å². The Hall–Kier alpha value is -0.410. The molecule has 2 aliphatic carbocycles. The lowest BCUT2D eigenvalue weighted by Gasteiger charge is -2.43. The van der Waals surface area contributed by atoms with Crippen LogP contribution >= 0.6 is 11.3 Å². The van der Waals surface area contributed by atoms with Crippen LogP contribution in [0.4, 0.5) is 0 Å². The molecule has 0 aliphatic heterocycles. The van der Waals surface area contributed by atoms with Crippen molar-refractivity contribution >= 4 is 11.3 Å². The van der Waals surface area contributed by atoms with Crippen molar-refractivity contribution in [1.29, 1.82) is 0 Å². The Balaban J connectivity index is 1.88. The number of nitrogens with one attached hydrogen (secondary N) is 1. The third-order valence-corrected chi connectivity index (χ3v) is 6.34. The van der Waals surface area contributed by atoms with Gasteiger partial charge in [0.15, 0.2) is 0 Å². The summed E-state index contributed by atoms with van der Waals surface area (Å²) in [5, 5.41) is 5.17. The first-order valence-electron chi connectivity index (χ1n) is 7.79. The van der Waals surface area contributed by atoms with Gasteiger partial charge in [0.1, 0.15) is 5.01 Å². The maximum atomic E-state index is 5.01. The summed E-state index contributed by atoms with van der Waals surface area (Å²) in [5.74, 6) is 0. The molecular formula is C16H26N2S. The second kappa shape index (κ2) is 4.85. The Morgan fingerprint density at radius 1 is 1.16 bits per heavy atom. The Bertz CT molecular complexity index is 430. The predicted octanol–water partition coefficient (Wildman–Crippen LogP) is 4.04. The molecule has 1 aromatic heterocycles. The van der Waals surface area contributed by atoms with Crippen molar-refractivity contribution in [3.8, 4) is 0 Å². The van der Waals surface area contributed by atoms with Crippen molar-refractivity contribution in [2.24, 2.45) is 5.41 Å². The molecule has 0 saturated heterocycles. The highest BCUT2D eigenvalue weighted by Gasteiger charge is 2.41. The monoisotopic (exact) mass is 278 g/mol. The Morgan fingerprint density at radius 3 is 2.53 bits per heavy atom. The van der Waals surface area contributed by atoms with Gasteiger partial charge in [0.2, 0.25) is 0 Å². The lowest BCUT2D eigenvalue weighted by atomic mass is 9.69. The largest absolute Gasteiger partial charge is 0.306 e. The summed E-state index contributed by atoms with van der Waals surface area (Å²) >= 11 is 1.99. The number of fused-ring (bicyclic) bond motifs is 1. The van der Waals surface area contributed by atoms with Gasteiger partial charge in [0.05, 0.1) is 11.2 Å². The minimum Gasteiger partial charge on any atom is -0.306 e. The molecule has 0 radical (unpaired) electrons. The van der Waals surface area contributed by atoms with E-state index in [4.69, 9.17) is 4.98 Å². The van der Waals surface area contributed by atoms with Crippen molar-refractivity contribution in [3.05, 3.63) is 15.6 Å². The van der Waals surface area contributed by atoms with Crippen molar-refractivity contribution in [2.45, 2.75) is 71.3 Å². The molecule has 2 aliphatic rings. The van der Waals surface area contributed by atoms with Gasteiger partial charge in [0, 0.05) is 4.88 Å². The summed E-state index contributed by atoms with van der Waals surface area (Å²) in [7, 11) is 0. The molecule has 0 spiro atoms. The Morgan fingerprint density at radius 2 is 1.89 bits per heavy atom. The van der Waals surface area contributed by atoms with Crippen molar-refractivity contribution in [3.63, 3.8) is 0 Å². The lowest BCUT2D eigenvalue weighted by Crippen LogP contribution is -2.46. The van der Waals surface area contributed by atoms with Crippen molar-refractivity contribution in [2.75, 3.05) is 6.54 Å². The lowest BCUT2D eigenvalue weighted by molar-refractivity contribution is 0.135.